The van der Waals surface area contributed by atoms with Gasteiger partial charge >= 0.3 is 0 Å². The van der Waals surface area contributed by atoms with E-state index in [1.165, 1.54) is 0 Å². The lowest BCUT2D eigenvalue weighted by molar-refractivity contribution is 0.240. The molecule has 2 heteroatoms. The lowest BCUT2D eigenvalue weighted by Gasteiger charge is -2.11. The van der Waals surface area contributed by atoms with Crippen molar-refractivity contribution < 1.29 is 5.11 Å². The SMILES string of the molecule is C#CCCNC(CC)CO. The standard InChI is InChI=1S/C8H15NO/c1-3-5-6-9-8(4-2)7-10/h1,8-10H,4-7H2,2H3. The number of aliphatic hydroxyl groups is 1. The van der Waals surface area contributed by atoms with E-state index in [-0.39, 0.29) is 12.6 Å². The first kappa shape index (κ1) is 9.48. The predicted octanol–water partition coefficient (Wildman–Crippen LogP) is 0.370. The van der Waals surface area contributed by atoms with Gasteiger partial charge in [0.05, 0.1) is 6.61 Å². The smallest absolute Gasteiger partial charge is 0.0584 e. The Morgan fingerprint density at radius 3 is 2.80 bits per heavy atom. The van der Waals surface area contributed by atoms with Gasteiger partial charge in [0.2, 0.25) is 0 Å². The minimum Gasteiger partial charge on any atom is -0.395 e. The molecular formula is C8H15NO. The van der Waals surface area contributed by atoms with Crippen LogP contribution in [0.1, 0.15) is 19.8 Å². The number of hydrogen-bond donors (Lipinski definition) is 2. The molecule has 0 aliphatic heterocycles. The van der Waals surface area contributed by atoms with Gasteiger partial charge < -0.3 is 10.4 Å². The summed E-state index contributed by atoms with van der Waals surface area (Å²) in [5, 5.41) is 11.8. The molecule has 58 valence electrons. The summed E-state index contributed by atoms with van der Waals surface area (Å²) in [5.41, 5.74) is 0. The zero-order valence-electron chi connectivity index (χ0n) is 6.43. The van der Waals surface area contributed by atoms with Crippen LogP contribution >= 0.6 is 0 Å². The maximum Gasteiger partial charge on any atom is 0.0584 e. The Labute approximate surface area is 62.6 Å². The maximum absolute atomic E-state index is 8.71. The van der Waals surface area contributed by atoms with Crippen LogP contribution in [0.25, 0.3) is 0 Å². The van der Waals surface area contributed by atoms with Crippen molar-refractivity contribution in [1.82, 2.24) is 5.32 Å². The first-order chi connectivity index (χ1) is 4.85. The Morgan fingerprint density at radius 2 is 2.40 bits per heavy atom. The zero-order valence-corrected chi connectivity index (χ0v) is 6.43. The van der Waals surface area contributed by atoms with E-state index < -0.39 is 0 Å². The topological polar surface area (TPSA) is 32.3 Å². The Balaban J connectivity index is 3.19. The van der Waals surface area contributed by atoms with Crippen LogP contribution in [0.15, 0.2) is 0 Å². The molecule has 0 saturated heterocycles. The second kappa shape index (κ2) is 6.60. The van der Waals surface area contributed by atoms with E-state index in [9.17, 15) is 0 Å². The molecule has 0 bridgehead atoms. The minimum atomic E-state index is 0.196. The van der Waals surface area contributed by atoms with Crippen LogP contribution in [0.3, 0.4) is 0 Å². The molecule has 0 radical (unpaired) electrons. The van der Waals surface area contributed by atoms with Crippen molar-refractivity contribution in [3.05, 3.63) is 0 Å². The Kier molecular flexibility index (Phi) is 6.25. The molecule has 0 fully saturated rings. The van der Waals surface area contributed by atoms with E-state index in [1.54, 1.807) is 0 Å². The molecule has 2 nitrogen and oxygen atoms in total. The molecule has 0 rings (SSSR count). The van der Waals surface area contributed by atoms with Crippen LogP contribution in [-0.4, -0.2) is 24.3 Å². The van der Waals surface area contributed by atoms with E-state index in [0.717, 1.165) is 19.4 Å². The summed E-state index contributed by atoms with van der Waals surface area (Å²) in [7, 11) is 0. The van der Waals surface area contributed by atoms with E-state index in [4.69, 9.17) is 11.5 Å². The Hall–Kier alpha value is -0.520. The number of hydrogen-bond acceptors (Lipinski definition) is 2. The molecule has 1 atom stereocenters. The second-order valence-electron chi connectivity index (χ2n) is 2.20. The van der Waals surface area contributed by atoms with E-state index in [2.05, 4.69) is 11.2 Å². The van der Waals surface area contributed by atoms with E-state index in [0.29, 0.717) is 0 Å². The van der Waals surface area contributed by atoms with E-state index >= 15 is 0 Å². The number of terminal acetylenes is 1. The molecule has 0 saturated carbocycles. The summed E-state index contributed by atoms with van der Waals surface area (Å²) in [6.45, 7) is 3.03. The van der Waals surface area contributed by atoms with Crippen LogP contribution in [0, 0.1) is 12.3 Å². The fraction of sp³-hybridized carbons (Fsp3) is 0.750. The molecule has 0 aliphatic carbocycles. The highest BCUT2D eigenvalue weighted by atomic mass is 16.3. The van der Waals surface area contributed by atoms with Gasteiger partial charge in [-0.1, -0.05) is 6.92 Å². The van der Waals surface area contributed by atoms with Crippen LogP contribution in [0.2, 0.25) is 0 Å². The maximum atomic E-state index is 8.71. The van der Waals surface area contributed by atoms with Crippen LogP contribution in [0.5, 0.6) is 0 Å². The molecule has 0 aromatic rings. The van der Waals surface area contributed by atoms with E-state index in [1.807, 2.05) is 6.92 Å². The summed E-state index contributed by atoms with van der Waals surface area (Å²) in [5.74, 6) is 2.53. The highest BCUT2D eigenvalue weighted by Crippen LogP contribution is 1.87. The molecule has 0 amide bonds. The van der Waals surface area contributed by atoms with Crippen molar-refractivity contribution in [2.75, 3.05) is 13.2 Å². The summed E-state index contributed by atoms with van der Waals surface area (Å²) in [4.78, 5) is 0. The lowest BCUT2D eigenvalue weighted by atomic mass is 10.2. The van der Waals surface area contributed by atoms with Crippen LogP contribution in [0.4, 0.5) is 0 Å². The second-order valence-corrected chi connectivity index (χ2v) is 2.20. The number of aliphatic hydroxyl groups excluding tert-OH is 1. The van der Waals surface area contributed by atoms with Gasteiger partial charge in [-0.25, -0.2) is 0 Å². The molecule has 0 spiro atoms. The molecule has 0 aliphatic rings. The highest BCUT2D eigenvalue weighted by Gasteiger charge is 2.00. The van der Waals surface area contributed by atoms with Crippen LogP contribution < -0.4 is 5.32 Å². The quantitative estimate of drug-likeness (QED) is 0.428. The number of nitrogens with one attached hydrogen (secondary N) is 1. The van der Waals surface area contributed by atoms with Crippen molar-refractivity contribution in [3.8, 4) is 12.3 Å². The fourth-order valence-electron chi connectivity index (χ4n) is 0.686. The van der Waals surface area contributed by atoms with Gasteiger partial charge in [-0.15, -0.1) is 12.3 Å². The molecule has 0 heterocycles. The van der Waals surface area contributed by atoms with Crippen molar-refractivity contribution in [3.63, 3.8) is 0 Å². The van der Waals surface area contributed by atoms with Gasteiger partial charge in [-0.3, -0.25) is 0 Å². The Bertz CT molecular complexity index is 102. The van der Waals surface area contributed by atoms with Crippen molar-refractivity contribution in [1.29, 1.82) is 0 Å². The molecule has 2 N–H and O–H groups in total. The third kappa shape index (κ3) is 4.37. The molecule has 1 unspecified atom stereocenters. The van der Waals surface area contributed by atoms with Gasteiger partial charge in [0.1, 0.15) is 0 Å². The van der Waals surface area contributed by atoms with Gasteiger partial charge in [-0.2, -0.15) is 0 Å². The summed E-state index contributed by atoms with van der Waals surface area (Å²) in [6.07, 6.45) is 6.72. The average Bonchev–Trinajstić information content (AvgIpc) is 1.99. The molecular weight excluding hydrogens is 126 g/mol. The van der Waals surface area contributed by atoms with Gasteiger partial charge in [0.15, 0.2) is 0 Å². The molecule has 10 heavy (non-hydrogen) atoms. The number of rotatable bonds is 5. The zero-order chi connectivity index (χ0) is 7.82. The minimum absolute atomic E-state index is 0.196. The summed E-state index contributed by atoms with van der Waals surface area (Å²) < 4.78 is 0. The van der Waals surface area contributed by atoms with Gasteiger partial charge in [0.25, 0.3) is 0 Å². The largest absolute Gasteiger partial charge is 0.395 e. The third-order valence-electron chi connectivity index (χ3n) is 1.42. The van der Waals surface area contributed by atoms with Crippen molar-refractivity contribution in [2.45, 2.75) is 25.8 Å². The van der Waals surface area contributed by atoms with Crippen molar-refractivity contribution >= 4 is 0 Å². The fourth-order valence-corrected chi connectivity index (χ4v) is 0.686. The molecule has 0 aromatic heterocycles. The summed E-state index contributed by atoms with van der Waals surface area (Å²) in [6, 6.07) is 0.216. The monoisotopic (exact) mass is 141 g/mol. The third-order valence-corrected chi connectivity index (χ3v) is 1.42. The molecule has 0 aromatic carbocycles. The first-order valence-electron chi connectivity index (χ1n) is 3.62. The van der Waals surface area contributed by atoms with Gasteiger partial charge in [-0.05, 0) is 6.42 Å². The Morgan fingerprint density at radius 1 is 1.70 bits per heavy atom. The highest BCUT2D eigenvalue weighted by molar-refractivity contribution is 4.84. The lowest BCUT2D eigenvalue weighted by Crippen LogP contribution is -2.32. The summed E-state index contributed by atoms with van der Waals surface area (Å²) >= 11 is 0. The average molecular weight is 141 g/mol. The normalized spacial score (nSPS) is 12.5. The van der Waals surface area contributed by atoms with Crippen molar-refractivity contribution in [2.24, 2.45) is 0 Å². The predicted molar refractivity (Wildman–Crippen MR) is 42.6 cm³/mol. The first-order valence-corrected chi connectivity index (χ1v) is 3.62. The van der Waals surface area contributed by atoms with Gasteiger partial charge in [0, 0.05) is 19.0 Å². The van der Waals surface area contributed by atoms with Crippen LogP contribution in [-0.2, 0) is 0 Å².